The van der Waals surface area contributed by atoms with Crippen LogP contribution in [0.3, 0.4) is 0 Å². The van der Waals surface area contributed by atoms with E-state index in [1.54, 1.807) is 31.3 Å². The van der Waals surface area contributed by atoms with Crippen molar-refractivity contribution in [2.45, 2.75) is 6.42 Å². The zero-order valence-corrected chi connectivity index (χ0v) is 16.4. The van der Waals surface area contributed by atoms with E-state index in [0.29, 0.717) is 28.8 Å². The normalized spacial score (nSPS) is 14.3. The second-order valence-electron chi connectivity index (χ2n) is 7.00. The van der Waals surface area contributed by atoms with Crippen molar-refractivity contribution in [2.75, 3.05) is 11.9 Å². The molecule has 0 aromatic heterocycles. The minimum absolute atomic E-state index is 0.00462. The van der Waals surface area contributed by atoms with E-state index < -0.39 is 11.7 Å². The fourth-order valence-corrected chi connectivity index (χ4v) is 3.35. The molecular weight excluding hydrogens is 377 g/mol. The van der Waals surface area contributed by atoms with Gasteiger partial charge in [-0.3, -0.25) is 9.59 Å². The van der Waals surface area contributed by atoms with E-state index in [2.05, 4.69) is 11.8 Å². The molecule has 0 unspecified atom stereocenters. The lowest BCUT2D eigenvalue weighted by Crippen LogP contribution is -2.36. The first-order valence-electron chi connectivity index (χ1n) is 9.50. The third-order valence-corrected chi connectivity index (χ3v) is 4.91. The Morgan fingerprint density at radius 2 is 1.77 bits per heavy atom. The summed E-state index contributed by atoms with van der Waals surface area (Å²) in [5.41, 5.74) is 3.23. The van der Waals surface area contributed by atoms with E-state index in [-0.39, 0.29) is 11.4 Å². The summed E-state index contributed by atoms with van der Waals surface area (Å²) < 4.78 is 13.5. The van der Waals surface area contributed by atoms with E-state index in [1.165, 1.54) is 29.2 Å². The molecule has 0 radical (unpaired) electrons. The molecule has 0 fully saturated rings. The van der Waals surface area contributed by atoms with Crippen molar-refractivity contribution in [3.8, 4) is 11.8 Å². The van der Waals surface area contributed by atoms with Gasteiger partial charge < -0.3 is 4.90 Å². The molecule has 0 bridgehead atoms. The molecule has 3 aromatic carbocycles. The minimum Gasteiger partial charge on any atom is -0.311 e. The maximum absolute atomic E-state index is 13.5. The number of hydrogen-bond acceptors (Lipinski definition) is 2. The summed E-state index contributed by atoms with van der Waals surface area (Å²) in [5, 5.41) is 0. The van der Waals surface area contributed by atoms with Crippen LogP contribution in [0.5, 0.6) is 0 Å². The first-order valence-corrected chi connectivity index (χ1v) is 9.50. The number of carbonyl (C=O) groups is 2. The number of amides is 1. The van der Waals surface area contributed by atoms with Gasteiger partial charge in [0.15, 0.2) is 0 Å². The number of benzene rings is 3. The topological polar surface area (TPSA) is 37.4 Å². The van der Waals surface area contributed by atoms with Crippen molar-refractivity contribution < 1.29 is 14.0 Å². The van der Waals surface area contributed by atoms with Gasteiger partial charge in [-0.2, -0.15) is 0 Å². The Bertz CT molecular complexity index is 1230. The number of fused-ring (bicyclic) bond motifs is 1. The van der Waals surface area contributed by atoms with Crippen LogP contribution in [0.4, 0.5) is 10.1 Å². The molecule has 3 nitrogen and oxygen atoms in total. The van der Waals surface area contributed by atoms with Gasteiger partial charge in [-0.25, -0.2) is 4.39 Å². The predicted octanol–water partition coefficient (Wildman–Crippen LogP) is 4.66. The minimum atomic E-state index is -0.426. The molecule has 30 heavy (non-hydrogen) atoms. The largest absolute Gasteiger partial charge is 0.311 e. The highest BCUT2D eigenvalue weighted by atomic mass is 19.1. The molecule has 0 saturated heterocycles. The second-order valence-corrected chi connectivity index (χ2v) is 7.00. The summed E-state index contributed by atoms with van der Waals surface area (Å²) in [7, 11) is 1.62. The van der Waals surface area contributed by atoms with Crippen LogP contribution in [0, 0.1) is 17.7 Å². The van der Waals surface area contributed by atoms with Gasteiger partial charge in [0.25, 0.3) is 5.91 Å². The zero-order chi connectivity index (χ0) is 21.1. The molecule has 1 aliphatic rings. The van der Waals surface area contributed by atoms with E-state index in [4.69, 9.17) is 0 Å². The molecule has 0 N–H and O–H groups in total. The Morgan fingerprint density at radius 3 is 2.53 bits per heavy atom. The van der Waals surface area contributed by atoms with Crippen LogP contribution < -0.4 is 4.90 Å². The highest BCUT2D eigenvalue weighted by Crippen LogP contribution is 2.31. The van der Waals surface area contributed by atoms with Gasteiger partial charge in [-0.1, -0.05) is 54.3 Å². The Balaban J connectivity index is 1.67. The fraction of sp³-hybridized carbons (Fsp3) is 0.0769. The highest BCUT2D eigenvalue weighted by Gasteiger charge is 2.32. The average molecular weight is 395 g/mol. The fourth-order valence-electron chi connectivity index (χ4n) is 3.35. The first kappa shape index (κ1) is 19.4. The van der Waals surface area contributed by atoms with Gasteiger partial charge in [-0.15, -0.1) is 0 Å². The molecule has 3 aromatic rings. The van der Waals surface area contributed by atoms with E-state index in [1.807, 2.05) is 30.3 Å². The summed E-state index contributed by atoms with van der Waals surface area (Å²) in [5.74, 6) is 4.98. The molecular formula is C26H18FNO2. The number of rotatable bonds is 2. The Hall–Kier alpha value is -3.97. The summed E-state index contributed by atoms with van der Waals surface area (Å²) in [6, 6.07) is 20.9. The summed E-state index contributed by atoms with van der Waals surface area (Å²) in [6.07, 6.45) is 2.04. The van der Waals surface area contributed by atoms with Gasteiger partial charge in [-0.05, 0) is 47.5 Å². The molecule has 0 atom stereocenters. The lowest BCUT2D eigenvalue weighted by Gasteiger charge is -2.26. The second kappa shape index (κ2) is 8.18. The summed E-state index contributed by atoms with van der Waals surface area (Å²) in [4.78, 5) is 27.2. The van der Waals surface area contributed by atoms with Crippen molar-refractivity contribution in [3.05, 3.63) is 106 Å². The van der Waals surface area contributed by atoms with Crippen LogP contribution in [-0.2, 0) is 11.2 Å². The molecule has 4 rings (SSSR count). The summed E-state index contributed by atoms with van der Waals surface area (Å²) in [6.45, 7) is 0. The van der Waals surface area contributed by atoms with Crippen LogP contribution in [0.2, 0.25) is 0 Å². The highest BCUT2D eigenvalue weighted by molar-refractivity contribution is 6.36. The third kappa shape index (κ3) is 3.92. The van der Waals surface area contributed by atoms with Crippen molar-refractivity contribution in [1.29, 1.82) is 0 Å². The van der Waals surface area contributed by atoms with Crippen LogP contribution in [-0.4, -0.2) is 18.7 Å². The molecule has 0 spiro atoms. The lowest BCUT2D eigenvalue weighted by molar-refractivity contribution is -0.114. The van der Waals surface area contributed by atoms with Crippen molar-refractivity contribution in [1.82, 2.24) is 0 Å². The van der Waals surface area contributed by atoms with Crippen molar-refractivity contribution in [2.24, 2.45) is 0 Å². The van der Waals surface area contributed by atoms with Gasteiger partial charge in [0, 0.05) is 24.6 Å². The maximum atomic E-state index is 13.5. The van der Waals surface area contributed by atoms with Crippen molar-refractivity contribution in [3.63, 3.8) is 0 Å². The van der Waals surface area contributed by atoms with E-state index in [9.17, 15) is 14.0 Å². The SMILES string of the molecule is CN1C(=O)C(=Cc2cccc(F)c2)C(=O)c2cc(C#CCc3ccccc3)ccc21. The number of halogens is 1. The van der Waals surface area contributed by atoms with Crippen LogP contribution in [0.25, 0.3) is 6.08 Å². The van der Waals surface area contributed by atoms with Gasteiger partial charge in [0.2, 0.25) is 5.78 Å². The maximum Gasteiger partial charge on any atom is 0.262 e. The quantitative estimate of drug-likeness (QED) is 0.359. The zero-order valence-electron chi connectivity index (χ0n) is 16.4. The molecule has 1 aliphatic heterocycles. The standard InChI is InChI=1S/C26H18FNO2/c1-28-24-14-13-19(10-5-9-18-7-3-2-4-8-18)16-22(24)25(29)23(26(28)30)17-20-11-6-12-21(27)15-20/h2-4,6-8,11-17H,9H2,1H3. The van der Waals surface area contributed by atoms with Gasteiger partial charge >= 0.3 is 0 Å². The van der Waals surface area contributed by atoms with Gasteiger partial charge in [0.1, 0.15) is 5.82 Å². The number of Topliss-reactive ketones (excluding diaryl/α,β-unsaturated/α-hetero) is 1. The van der Waals surface area contributed by atoms with Crippen LogP contribution >= 0.6 is 0 Å². The Morgan fingerprint density at radius 1 is 0.967 bits per heavy atom. The third-order valence-electron chi connectivity index (χ3n) is 4.91. The van der Waals surface area contributed by atoms with Crippen LogP contribution in [0.15, 0.2) is 78.4 Å². The predicted molar refractivity (Wildman–Crippen MR) is 116 cm³/mol. The number of hydrogen-bond donors (Lipinski definition) is 0. The van der Waals surface area contributed by atoms with Crippen LogP contribution in [0.1, 0.15) is 27.0 Å². The molecule has 0 saturated carbocycles. The lowest BCUT2D eigenvalue weighted by atomic mass is 9.92. The number of likely N-dealkylation sites (N-methyl/N-ethyl adjacent to an activating group) is 1. The number of carbonyl (C=O) groups excluding carboxylic acids is 2. The van der Waals surface area contributed by atoms with Gasteiger partial charge in [0.05, 0.1) is 11.3 Å². The first-order chi connectivity index (χ1) is 14.5. The average Bonchev–Trinajstić information content (AvgIpc) is 2.76. The summed E-state index contributed by atoms with van der Waals surface area (Å²) >= 11 is 0. The van der Waals surface area contributed by atoms with E-state index in [0.717, 1.165) is 5.56 Å². The molecule has 146 valence electrons. The van der Waals surface area contributed by atoms with Crippen molar-refractivity contribution >= 4 is 23.5 Å². The molecule has 4 heteroatoms. The molecule has 1 heterocycles. The monoisotopic (exact) mass is 395 g/mol. The number of ketones is 1. The Kier molecular flexibility index (Phi) is 5.28. The number of nitrogens with zero attached hydrogens (tertiary/aromatic N) is 1. The smallest absolute Gasteiger partial charge is 0.262 e. The van der Waals surface area contributed by atoms with E-state index >= 15 is 0 Å². The Labute approximate surface area is 174 Å². The molecule has 1 amide bonds. The molecule has 0 aliphatic carbocycles. The number of anilines is 1.